The molecule has 29 heavy (non-hydrogen) atoms. The van der Waals surface area contributed by atoms with Crippen LogP contribution in [-0.2, 0) is 11.3 Å². The molecule has 7 heteroatoms. The molecule has 1 aromatic carbocycles. The van der Waals surface area contributed by atoms with Crippen molar-refractivity contribution in [2.75, 3.05) is 45.8 Å². The summed E-state index contributed by atoms with van der Waals surface area (Å²) in [5.74, 6) is 1.22. The number of hydrogen-bond acceptors (Lipinski definition) is 4. The van der Waals surface area contributed by atoms with Gasteiger partial charge in [0.15, 0.2) is 0 Å². The van der Waals surface area contributed by atoms with Crippen LogP contribution in [0.2, 0.25) is 0 Å². The first-order valence-electron chi connectivity index (χ1n) is 10.3. The number of amides is 2. The number of hydrogen-bond donors (Lipinski definition) is 1. The molecule has 160 valence electrons. The Hall–Kier alpha value is -2.54. The molecule has 2 rings (SSSR count). The summed E-state index contributed by atoms with van der Waals surface area (Å²) in [5.41, 5.74) is 3.07. The first-order chi connectivity index (χ1) is 13.9. The number of nitrogens with one attached hydrogen (secondary N) is 1. The molecule has 0 saturated carbocycles. The largest absolute Gasteiger partial charge is 0.383 e. The van der Waals surface area contributed by atoms with E-state index in [1.54, 1.807) is 7.11 Å². The number of rotatable bonds is 10. The zero-order valence-corrected chi connectivity index (χ0v) is 18.6. The second-order valence-corrected chi connectivity index (χ2v) is 7.63. The second-order valence-electron chi connectivity index (χ2n) is 7.63. The maximum Gasteiger partial charge on any atom is 0.317 e. The third kappa shape index (κ3) is 5.73. The highest BCUT2D eigenvalue weighted by molar-refractivity contribution is 5.74. The smallest absolute Gasteiger partial charge is 0.317 e. The Labute approximate surface area is 174 Å². The minimum atomic E-state index is -0.0734. The zero-order valence-electron chi connectivity index (χ0n) is 18.6. The van der Waals surface area contributed by atoms with Gasteiger partial charge in [-0.1, -0.05) is 39.0 Å². The number of benzene rings is 1. The third-order valence-corrected chi connectivity index (χ3v) is 4.69. The van der Waals surface area contributed by atoms with Gasteiger partial charge < -0.3 is 19.9 Å². The highest BCUT2D eigenvalue weighted by Gasteiger charge is 2.25. The van der Waals surface area contributed by atoms with Gasteiger partial charge in [-0.2, -0.15) is 5.10 Å². The lowest BCUT2D eigenvalue weighted by Crippen LogP contribution is -2.41. The van der Waals surface area contributed by atoms with Crippen molar-refractivity contribution in [1.82, 2.24) is 20.0 Å². The monoisotopic (exact) mass is 401 g/mol. The van der Waals surface area contributed by atoms with Crippen molar-refractivity contribution in [3.05, 3.63) is 41.6 Å². The Morgan fingerprint density at radius 2 is 1.93 bits per heavy atom. The fourth-order valence-corrected chi connectivity index (χ4v) is 3.27. The molecule has 0 saturated heterocycles. The molecule has 0 unspecified atom stereocenters. The van der Waals surface area contributed by atoms with Crippen LogP contribution in [0.25, 0.3) is 5.69 Å². The molecule has 0 radical (unpaired) electrons. The predicted molar refractivity (Wildman–Crippen MR) is 118 cm³/mol. The van der Waals surface area contributed by atoms with Gasteiger partial charge in [0.2, 0.25) is 0 Å². The Kier molecular flexibility index (Phi) is 8.51. The van der Waals surface area contributed by atoms with Crippen LogP contribution >= 0.6 is 0 Å². The Morgan fingerprint density at radius 1 is 1.24 bits per heavy atom. The quantitative estimate of drug-likeness (QED) is 0.660. The minimum Gasteiger partial charge on any atom is -0.383 e. The lowest BCUT2D eigenvalue weighted by Gasteiger charge is -2.25. The normalized spacial score (nSPS) is 11.0. The minimum absolute atomic E-state index is 0.0734. The van der Waals surface area contributed by atoms with E-state index in [1.807, 2.05) is 60.9 Å². The number of methoxy groups -OCH3 is 1. The molecule has 1 N–H and O–H groups in total. The summed E-state index contributed by atoms with van der Waals surface area (Å²) < 4.78 is 7.22. The fraction of sp³-hybridized carbons (Fsp3) is 0.545. The number of para-hydroxylation sites is 1. The molecule has 0 atom stereocenters. The van der Waals surface area contributed by atoms with E-state index >= 15 is 0 Å². The highest BCUT2D eigenvalue weighted by atomic mass is 16.5. The van der Waals surface area contributed by atoms with E-state index < -0.39 is 0 Å². The van der Waals surface area contributed by atoms with E-state index in [0.717, 1.165) is 29.2 Å². The van der Waals surface area contributed by atoms with E-state index in [4.69, 9.17) is 9.84 Å². The second kappa shape index (κ2) is 10.9. The van der Waals surface area contributed by atoms with E-state index in [1.165, 1.54) is 0 Å². The fourth-order valence-electron chi connectivity index (χ4n) is 3.27. The van der Waals surface area contributed by atoms with Gasteiger partial charge in [0.25, 0.3) is 0 Å². The standard InChI is InChI=1S/C22H35N5O2/c1-7-13-23-22(28)26(14-15-29-6)16-19-20(17(2)3)24-27(21(19)25(4)5)18-11-9-8-10-12-18/h8-12,17H,7,13-16H2,1-6H3,(H,23,28). The molecule has 1 aromatic heterocycles. The number of carbonyl (C=O) groups is 1. The molecular formula is C22H35N5O2. The number of urea groups is 1. The van der Waals surface area contributed by atoms with Crippen LogP contribution in [-0.4, -0.2) is 61.6 Å². The van der Waals surface area contributed by atoms with Crippen LogP contribution in [0.3, 0.4) is 0 Å². The molecule has 7 nitrogen and oxygen atoms in total. The van der Waals surface area contributed by atoms with Crippen molar-refractivity contribution >= 4 is 11.8 Å². The Morgan fingerprint density at radius 3 is 2.48 bits per heavy atom. The number of anilines is 1. The predicted octanol–water partition coefficient (Wildman–Crippen LogP) is 3.63. The van der Waals surface area contributed by atoms with Gasteiger partial charge >= 0.3 is 6.03 Å². The van der Waals surface area contributed by atoms with E-state index in [0.29, 0.717) is 26.2 Å². The highest BCUT2D eigenvalue weighted by Crippen LogP contribution is 2.31. The van der Waals surface area contributed by atoms with Crippen molar-refractivity contribution in [3.63, 3.8) is 0 Å². The molecule has 0 bridgehead atoms. The molecule has 0 aliphatic rings. The van der Waals surface area contributed by atoms with Crippen LogP contribution in [0.15, 0.2) is 30.3 Å². The van der Waals surface area contributed by atoms with Crippen molar-refractivity contribution in [1.29, 1.82) is 0 Å². The number of carbonyl (C=O) groups excluding carboxylic acids is 1. The summed E-state index contributed by atoms with van der Waals surface area (Å²) in [6, 6.07) is 10.0. The lowest BCUT2D eigenvalue weighted by atomic mass is 10.0. The maximum atomic E-state index is 12.8. The number of ether oxygens (including phenoxy) is 1. The first kappa shape index (κ1) is 22.7. The maximum absolute atomic E-state index is 12.8. The summed E-state index contributed by atoms with van der Waals surface area (Å²) in [4.78, 5) is 16.6. The Balaban J connectivity index is 2.50. The van der Waals surface area contributed by atoms with Crippen LogP contribution in [0, 0.1) is 0 Å². The summed E-state index contributed by atoms with van der Waals surface area (Å²) >= 11 is 0. The van der Waals surface area contributed by atoms with Gasteiger partial charge in [-0.05, 0) is 24.5 Å². The molecule has 0 spiro atoms. The van der Waals surface area contributed by atoms with Crippen LogP contribution in [0.1, 0.15) is 44.4 Å². The molecule has 2 aromatic rings. The van der Waals surface area contributed by atoms with Gasteiger partial charge in [0, 0.05) is 39.9 Å². The lowest BCUT2D eigenvalue weighted by molar-refractivity contribution is 0.146. The number of nitrogens with zero attached hydrogens (tertiary/aromatic N) is 4. The average Bonchev–Trinajstić information content (AvgIpc) is 3.09. The van der Waals surface area contributed by atoms with E-state index in [-0.39, 0.29) is 11.9 Å². The zero-order chi connectivity index (χ0) is 21.4. The van der Waals surface area contributed by atoms with Gasteiger partial charge in [-0.15, -0.1) is 0 Å². The summed E-state index contributed by atoms with van der Waals surface area (Å²) in [7, 11) is 5.68. The van der Waals surface area contributed by atoms with Crippen LogP contribution in [0.5, 0.6) is 0 Å². The molecule has 0 aliphatic heterocycles. The Bertz CT molecular complexity index is 771. The first-order valence-corrected chi connectivity index (χ1v) is 10.3. The van der Waals surface area contributed by atoms with Crippen LogP contribution in [0.4, 0.5) is 10.6 Å². The third-order valence-electron chi connectivity index (χ3n) is 4.69. The van der Waals surface area contributed by atoms with Gasteiger partial charge in [0.05, 0.1) is 24.5 Å². The van der Waals surface area contributed by atoms with Crippen molar-refractivity contribution in [3.8, 4) is 5.69 Å². The summed E-state index contributed by atoms with van der Waals surface area (Å²) in [5, 5.41) is 7.93. The molecular weight excluding hydrogens is 366 g/mol. The van der Waals surface area contributed by atoms with Crippen molar-refractivity contribution in [2.24, 2.45) is 0 Å². The topological polar surface area (TPSA) is 62.6 Å². The van der Waals surface area contributed by atoms with Crippen molar-refractivity contribution < 1.29 is 9.53 Å². The number of aromatic nitrogens is 2. The molecule has 2 amide bonds. The molecule has 0 fully saturated rings. The van der Waals surface area contributed by atoms with Gasteiger partial charge in [-0.3, -0.25) is 0 Å². The van der Waals surface area contributed by atoms with Crippen molar-refractivity contribution in [2.45, 2.75) is 39.7 Å². The molecule has 0 aliphatic carbocycles. The van der Waals surface area contributed by atoms with Gasteiger partial charge in [0.1, 0.15) is 5.82 Å². The van der Waals surface area contributed by atoms with Crippen LogP contribution < -0.4 is 10.2 Å². The summed E-state index contributed by atoms with van der Waals surface area (Å²) in [6.07, 6.45) is 0.899. The van der Waals surface area contributed by atoms with Gasteiger partial charge in [-0.25, -0.2) is 9.48 Å². The molecule has 1 heterocycles. The van der Waals surface area contributed by atoms with E-state index in [2.05, 4.69) is 24.1 Å². The SMILES string of the molecule is CCCNC(=O)N(CCOC)Cc1c(C(C)C)nn(-c2ccccc2)c1N(C)C. The summed E-state index contributed by atoms with van der Waals surface area (Å²) in [6.45, 7) is 8.46. The average molecular weight is 402 g/mol. The van der Waals surface area contributed by atoms with E-state index in [9.17, 15) is 4.79 Å².